The van der Waals surface area contributed by atoms with Gasteiger partial charge in [-0.05, 0) is 11.6 Å². The minimum Gasteiger partial charge on any atom is -0.383 e. The van der Waals surface area contributed by atoms with Crippen molar-refractivity contribution in [2.75, 3.05) is 5.73 Å². The van der Waals surface area contributed by atoms with E-state index in [9.17, 15) is 5.26 Å². The summed E-state index contributed by atoms with van der Waals surface area (Å²) in [6.07, 6.45) is 3.66. The number of nitrogens with two attached hydrogens (primary N) is 1. The van der Waals surface area contributed by atoms with Crippen molar-refractivity contribution in [2.24, 2.45) is 0 Å². The van der Waals surface area contributed by atoms with Crippen molar-refractivity contribution < 1.29 is 0 Å². The Hall–Kier alpha value is -3.58. The SMILES string of the molecule is N#Cc1c(N)ncc(-c2ccccc2)c1-c1c[nH]c2ccccc12. The van der Waals surface area contributed by atoms with Gasteiger partial charge in [0.25, 0.3) is 0 Å². The van der Waals surface area contributed by atoms with Crippen LogP contribution in [0.25, 0.3) is 33.2 Å². The average Bonchev–Trinajstić information content (AvgIpc) is 3.06. The summed E-state index contributed by atoms with van der Waals surface area (Å²) in [6, 6.07) is 20.2. The fourth-order valence-corrected chi connectivity index (χ4v) is 3.03. The van der Waals surface area contributed by atoms with Crippen LogP contribution >= 0.6 is 0 Å². The Morgan fingerprint density at radius 2 is 1.71 bits per heavy atom. The molecule has 0 aliphatic carbocycles. The Bertz CT molecular complexity index is 1070. The third-order valence-electron chi connectivity index (χ3n) is 4.16. The lowest BCUT2D eigenvalue weighted by Crippen LogP contribution is -1.99. The van der Waals surface area contributed by atoms with Gasteiger partial charge in [0.15, 0.2) is 0 Å². The number of aromatic amines is 1. The van der Waals surface area contributed by atoms with E-state index in [-0.39, 0.29) is 5.82 Å². The molecule has 0 bridgehead atoms. The highest BCUT2D eigenvalue weighted by molar-refractivity contribution is 6.02. The van der Waals surface area contributed by atoms with Gasteiger partial charge in [0.05, 0.1) is 0 Å². The molecule has 0 atom stereocenters. The number of nitriles is 1. The zero-order valence-corrected chi connectivity index (χ0v) is 12.8. The van der Waals surface area contributed by atoms with Crippen molar-refractivity contribution in [3.05, 3.63) is 72.6 Å². The van der Waals surface area contributed by atoms with Gasteiger partial charge in [-0.2, -0.15) is 5.26 Å². The first-order chi connectivity index (χ1) is 11.8. The molecule has 0 radical (unpaired) electrons. The van der Waals surface area contributed by atoms with E-state index in [1.54, 1.807) is 6.20 Å². The number of benzene rings is 2. The summed E-state index contributed by atoms with van der Waals surface area (Å²) in [4.78, 5) is 7.49. The lowest BCUT2D eigenvalue weighted by Gasteiger charge is -2.12. The standard InChI is InChI=1S/C20H14N4/c21-10-15-19(17-12-23-18-9-5-4-8-14(17)18)16(11-24-20(15)22)13-6-2-1-3-7-13/h1-9,11-12,23H,(H2,22,24). The molecule has 0 amide bonds. The van der Waals surface area contributed by atoms with E-state index in [0.717, 1.165) is 33.2 Å². The smallest absolute Gasteiger partial charge is 0.141 e. The predicted octanol–water partition coefficient (Wildman–Crippen LogP) is 4.35. The first kappa shape index (κ1) is 14.0. The van der Waals surface area contributed by atoms with E-state index in [2.05, 4.69) is 16.0 Å². The maximum Gasteiger partial charge on any atom is 0.141 e. The van der Waals surface area contributed by atoms with E-state index in [1.165, 1.54) is 0 Å². The van der Waals surface area contributed by atoms with Crippen LogP contribution in [0.15, 0.2) is 67.0 Å². The van der Waals surface area contributed by atoms with Crippen molar-refractivity contribution in [3.63, 3.8) is 0 Å². The van der Waals surface area contributed by atoms with Crippen molar-refractivity contribution in [2.45, 2.75) is 0 Å². The number of rotatable bonds is 2. The van der Waals surface area contributed by atoms with Crippen LogP contribution in [0.3, 0.4) is 0 Å². The van der Waals surface area contributed by atoms with E-state index in [0.29, 0.717) is 5.56 Å². The minimum atomic E-state index is 0.248. The van der Waals surface area contributed by atoms with Crippen LogP contribution in [-0.4, -0.2) is 9.97 Å². The summed E-state index contributed by atoms with van der Waals surface area (Å²) >= 11 is 0. The van der Waals surface area contributed by atoms with Gasteiger partial charge in [0.2, 0.25) is 0 Å². The Morgan fingerprint density at radius 3 is 2.50 bits per heavy atom. The van der Waals surface area contributed by atoms with Gasteiger partial charge >= 0.3 is 0 Å². The van der Waals surface area contributed by atoms with Gasteiger partial charge in [-0.3, -0.25) is 0 Å². The number of aromatic nitrogens is 2. The van der Waals surface area contributed by atoms with Crippen LogP contribution < -0.4 is 5.73 Å². The van der Waals surface area contributed by atoms with Crippen LogP contribution in [0.4, 0.5) is 5.82 Å². The predicted molar refractivity (Wildman–Crippen MR) is 96.1 cm³/mol. The molecule has 0 saturated carbocycles. The van der Waals surface area contributed by atoms with E-state index in [4.69, 9.17) is 5.73 Å². The van der Waals surface area contributed by atoms with Gasteiger partial charge in [-0.25, -0.2) is 4.98 Å². The number of anilines is 1. The van der Waals surface area contributed by atoms with Crippen molar-refractivity contribution in [1.29, 1.82) is 5.26 Å². The second-order valence-electron chi connectivity index (χ2n) is 5.53. The number of nitrogen functional groups attached to an aromatic ring is 1. The van der Waals surface area contributed by atoms with Gasteiger partial charge < -0.3 is 10.7 Å². The van der Waals surface area contributed by atoms with E-state index in [1.807, 2.05) is 60.8 Å². The highest BCUT2D eigenvalue weighted by Crippen LogP contribution is 2.39. The molecular weight excluding hydrogens is 296 g/mol. The van der Waals surface area contributed by atoms with Crippen molar-refractivity contribution >= 4 is 16.7 Å². The fourth-order valence-electron chi connectivity index (χ4n) is 3.03. The summed E-state index contributed by atoms with van der Waals surface area (Å²) in [7, 11) is 0. The van der Waals surface area contributed by atoms with Gasteiger partial charge in [0, 0.05) is 40.0 Å². The summed E-state index contributed by atoms with van der Waals surface area (Å²) < 4.78 is 0. The third-order valence-corrected chi connectivity index (χ3v) is 4.16. The van der Waals surface area contributed by atoms with Crippen LogP contribution in [0.1, 0.15) is 5.56 Å². The van der Waals surface area contributed by atoms with E-state index < -0.39 is 0 Å². The average molecular weight is 310 g/mol. The molecule has 114 valence electrons. The normalized spacial score (nSPS) is 10.6. The topological polar surface area (TPSA) is 78.5 Å². The van der Waals surface area contributed by atoms with Crippen LogP contribution in [0, 0.1) is 11.3 Å². The molecule has 4 heteroatoms. The van der Waals surface area contributed by atoms with Crippen molar-refractivity contribution in [1.82, 2.24) is 9.97 Å². The molecule has 2 heterocycles. The zero-order chi connectivity index (χ0) is 16.5. The Morgan fingerprint density at radius 1 is 0.958 bits per heavy atom. The second kappa shape index (κ2) is 5.56. The number of pyridine rings is 1. The van der Waals surface area contributed by atoms with Crippen LogP contribution in [-0.2, 0) is 0 Å². The van der Waals surface area contributed by atoms with E-state index >= 15 is 0 Å². The third kappa shape index (κ3) is 2.11. The zero-order valence-electron chi connectivity index (χ0n) is 12.8. The van der Waals surface area contributed by atoms with Gasteiger partial charge in [-0.15, -0.1) is 0 Å². The molecule has 4 aromatic rings. The van der Waals surface area contributed by atoms with Crippen LogP contribution in [0.5, 0.6) is 0 Å². The molecule has 4 rings (SSSR count). The van der Waals surface area contributed by atoms with Gasteiger partial charge in [0.1, 0.15) is 17.5 Å². The second-order valence-corrected chi connectivity index (χ2v) is 5.53. The lowest BCUT2D eigenvalue weighted by molar-refractivity contribution is 1.31. The molecule has 0 spiro atoms. The number of hydrogen-bond donors (Lipinski definition) is 2. The lowest BCUT2D eigenvalue weighted by atomic mass is 9.92. The maximum atomic E-state index is 9.66. The molecule has 2 aromatic heterocycles. The summed E-state index contributed by atoms with van der Waals surface area (Å²) in [5.74, 6) is 0.248. The Labute approximate surface area is 139 Å². The summed E-state index contributed by atoms with van der Waals surface area (Å²) in [5, 5.41) is 10.7. The molecule has 0 fully saturated rings. The van der Waals surface area contributed by atoms with Gasteiger partial charge in [-0.1, -0.05) is 48.5 Å². The number of hydrogen-bond acceptors (Lipinski definition) is 3. The van der Waals surface area contributed by atoms with Crippen molar-refractivity contribution in [3.8, 4) is 28.3 Å². The molecule has 4 nitrogen and oxygen atoms in total. The first-order valence-electron chi connectivity index (χ1n) is 7.60. The largest absolute Gasteiger partial charge is 0.383 e. The number of fused-ring (bicyclic) bond motifs is 1. The monoisotopic (exact) mass is 310 g/mol. The fraction of sp³-hybridized carbons (Fsp3) is 0. The molecule has 0 saturated heterocycles. The number of nitrogens with one attached hydrogen (secondary N) is 1. The quantitative estimate of drug-likeness (QED) is 0.577. The molecule has 0 aliphatic rings. The molecule has 2 aromatic carbocycles. The highest BCUT2D eigenvalue weighted by Gasteiger charge is 2.18. The Kier molecular flexibility index (Phi) is 3.25. The first-order valence-corrected chi connectivity index (χ1v) is 7.60. The minimum absolute atomic E-state index is 0.248. The molecular formula is C20H14N4. The van der Waals surface area contributed by atoms with Crippen LogP contribution in [0.2, 0.25) is 0 Å². The highest BCUT2D eigenvalue weighted by atomic mass is 14.8. The number of H-pyrrole nitrogens is 1. The Balaban J connectivity index is 2.10. The summed E-state index contributed by atoms with van der Waals surface area (Å²) in [5.41, 5.74) is 11.1. The molecule has 0 aliphatic heterocycles. The number of para-hydroxylation sites is 1. The maximum absolute atomic E-state index is 9.66. The molecule has 3 N–H and O–H groups in total. The molecule has 0 unspecified atom stereocenters. The molecule has 24 heavy (non-hydrogen) atoms. The summed E-state index contributed by atoms with van der Waals surface area (Å²) in [6.45, 7) is 0. The number of nitrogens with zero attached hydrogens (tertiary/aromatic N) is 2.